The molecule has 6 heteroatoms. The summed E-state index contributed by atoms with van der Waals surface area (Å²) < 4.78 is 2.63. The highest BCUT2D eigenvalue weighted by molar-refractivity contribution is 9.10. The molecule has 1 aromatic carbocycles. The summed E-state index contributed by atoms with van der Waals surface area (Å²) in [6.07, 6.45) is 2.35. The Morgan fingerprint density at radius 3 is 2.79 bits per heavy atom. The molecule has 2 unspecified atom stereocenters. The predicted octanol–water partition coefficient (Wildman–Crippen LogP) is 2.24. The number of rotatable bonds is 4. The molecule has 0 aliphatic rings. The molecule has 0 amide bonds. The van der Waals surface area contributed by atoms with Gasteiger partial charge in [0.1, 0.15) is 12.4 Å². The summed E-state index contributed by atoms with van der Waals surface area (Å²) in [7, 11) is 0. The SMILES string of the molecule is CCC(N)C(c1ccccc1Br)n1cnc(C#N)n1. The van der Waals surface area contributed by atoms with Crippen LogP contribution in [0.2, 0.25) is 0 Å². The minimum atomic E-state index is -0.143. The van der Waals surface area contributed by atoms with Gasteiger partial charge in [-0.25, -0.2) is 9.67 Å². The van der Waals surface area contributed by atoms with Crippen LogP contribution < -0.4 is 5.73 Å². The smallest absolute Gasteiger partial charge is 0.252 e. The Kier molecular flexibility index (Phi) is 4.30. The van der Waals surface area contributed by atoms with Gasteiger partial charge in [-0.05, 0) is 18.1 Å². The molecule has 0 saturated carbocycles. The van der Waals surface area contributed by atoms with E-state index in [0.717, 1.165) is 16.5 Å². The first-order chi connectivity index (χ1) is 9.17. The Balaban J connectivity index is 2.48. The predicted molar refractivity (Wildman–Crippen MR) is 75.3 cm³/mol. The molecule has 1 heterocycles. The molecule has 19 heavy (non-hydrogen) atoms. The van der Waals surface area contributed by atoms with E-state index in [1.54, 1.807) is 11.0 Å². The van der Waals surface area contributed by atoms with Crippen LogP contribution in [0, 0.1) is 11.3 Å². The van der Waals surface area contributed by atoms with E-state index in [2.05, 4.69) is 26.0 Å². The molecule has 1 aromatic heterocycles. The lowest BCUT2D eigenvalue weighted by Gasteiger charge is -2.24. The average Bonchev–Trinajstić information content (AvgIpc) is 2.89. The van der Waals surface area contributed by atoms with Gasteiger partial charge in [-0.1, -0.05) is 41.1 Å². The van der Waals surface area contributed by atoms with Crippen molar-refractivity contribution < 1.29 is 0 Å². The second-order valence-electron chi connectivity index (χ2n) is 4.20. The molecule has 0 radical (unpaired) electrons. The van der Waals surface area contributed by atoms with E-state index in [1.165, 1.54) is 0 Å². The number of nitrogens with two attached hydrogens (primary N) is 1. The Labute approximate surface area is 120 Å². The Morgan fingerprint density at radius 1 is 1.47 bits per heavy atom. The van der Waals surface area contributed by atoms with E-state index in [-0.39, 0.29) is 17.9 Å². The van der Waals surface area contributed by atoms with Gasteiger partial charge in [0.2, 0.25) is 0 Å². The molecule has 0 bridgehead atoms. The third kappa shape index (κ3) is 2.83. The molecule has 5 nitrogen and oxygen atoms in total. The van der Waals surface area contributed by atoms with Crippen LogP contribution in [0.1, 0.15) is 30.8 Å². The van der Waals surface area contributed by atoms with Crippen molar-refractivity contribution >= 4 is 15.9 Å². The number of nitriles is 1. The fourth-order valence-corrected chi connectivity index (χ4v) is 2.49. The lowest BCUT2D eigenvalue weighted by Crippen LogP contribution is -2.33. The van der Waals surface area contributed by atoms with Crippen molar-refractivity contribution in [2.75, 3.05) is 0 Å². The zero-order chi connectivity index (χ0) is 13.8. The minimum Gasteiger partial charge on any atom is -0.326 e. The van der Waals surface area contributed by atoms with Crippen molar-refractivity contribution in [2.24, 2.45) is 5.73 Å². The van der Waals surface area contributed by atoms with E-state index >= 15 is 0 Å². The first-order valence-corrected chi connectivity index (χ1v) is 6.78. The van der Waals surface area contributed by atoms with Gasteiger partial charge in [0.05, 0.1) is 6.04 Å². The number of hydrogen-bond acceptors (Lipinski definition) is 4. The molecule has 2 aromatic rings. The second kappa shape index (κ2) is 5.95. The van der Waals surface area contributed by atoms with E-state index in [4.69, 9.17) is 11.0 Å². The summed E-state index contributed by atoms with van der Waals surface area (Å²) in [6, 6.07) is 9.55. The van der Waals surface area contributed by atoms with Gasteiger partial charge in [0.15, 0.2) is 0 Å². The second-order valence-corrected chi connectivity index (χ2v) is 5.05. The molecule has 98 valence electrons. The molecule has 0 fully saturated rings. The lowest BCUT2D eigenvalue weighted by atomic mass is 9.98. The number of halogens is 1. The number of nitrogens with zero attached hydrogens (tertiary/aromatic N) is 4. The van der Waals surface area contributed by atoms with Crippen LogP contribution >= 0.6 is 15.9 Å². The van der Waals surface area contributed by atoms with Crippen molar-refractivity contribution in [1.82, 2.24) is 14.8 Å². The number of benzene rings is 1. The third-order valence-electron chi connectivity index (χ3n) is 2.99. The van der Waals surface area contributed by atoms with Gasteiger partial charge in [-0.15, -0.1) is 5.10 Å². The number of aromatic nitrogens is 3. The van der Waals surface area contributed by atoms with Crippen LogP contribution in [-0.4, -0.2) is 20.8 Å². The van der Waals surface area contributed by atoms with Crippen LogP contribution in [0.25, 0.3) is 0 Å². The van der Waals surface area contributed by atoms with Crippen molar-refractivity contribution in [1.29, 1.82) is 5.26 Å². The zero-order valence-electron chi connectivity index (χ0n) is 10.5. The summed E-state index contributed by atoms with van der Waals surface area (Å²) in [5.74, 6) is 0.153. The van der Waals surface area contributed by atoms with E-state index in [9.17, 15) is 0 Å². The first kappa shape index (κ1) is 13.7. The molecule has 2 rings (SSSR count). The van der Waals surface area contributed by atoms with E-state index in [1.807, 2.05) is 37.3 Å². The summed E-state index contributed by atoms with van der Waals surface area (Å²) >= 11 is 3.53. The highest BCUT2D eigenvalue weighted by Gasteiger charge is 2.23. The fraction of sp³-hybridized carbons (Fsp3) is 0.308. The largest absolute Gasteiger partial charge is 0.326 e. The highest BCUT2D eigenvalue weighted by atomic mass is 79.9. The molecule has 2 N–H and O–H groups in total. The minimum absolute atomic E-state index is 0.105. The zero-order valence-corrected chi connectivity index (χ0v) is 12.1. The molecule has 0 aliphatic carbocycles. The fourth-order valence-electron chi connectivity index (χ4n) is 1.97. The van der Waals surface area contributed by atoms with Gasteiger partial charge >= 0.3 is 0 Å². The van der Waals surface area contributed by atoms with Crippen molar-refractivity contribution in [3.05, 3.63) is 46.5 Å². The molecule has 2 atom stereocenters. The standard InChI is InChI=1S/C13H14BrN5/c1-2-11(16)13(9-5-3-4-6-10(9)14)19-8-17-12(7-15)18-19/h3-6,8,11,13H,2,16H2,1H3. The quantitative estimate of drug-likeness (QED) is 0.937. The van der Waals surface area contributed by atoms with Gasteiger partial charge in [-0.3, -0.25) is 0 Å². The van der Waals surface area contributed by atoms with Crippen LogP contribution in [0.15, 0.2) is 35.1 Å². The Morgan fingerprint density at radius 2 is 2.21 bits per heavy atom. The highest BCUT2D eigenvalue weighted by Crippen LogP contribution is 2.28. The Bertz CT molecular complexity index is 601. The van der Waals surface area contributed by atoms with Crippen molar-refractivity contribution in [3.63, 3.8) is 0 Å². The molecular weight excluding hydrogens is 306 g/mol. The van der Waals surface area contributed by atoms with Crippen molar-refractivity contribution in [2.45, 2.75) is 25.4 Å². The van der Waals surface area contributed by atoms with E-state index in [0.29, 0.717) is 0 Å². The molecule has 0 aliphatic heterocycles. The summed E-state index contributed by atoms with van der Waals surface area (Å²) in [5.41, 5.74) is 7.24. The maximum atomic E-state index is 8.82. The van der Waals surface area contributed by atoms with Gasteiger partial charge < -0.3 is 5.73 Å². The summed E-state index contributed by atoms with van der Waals surface area (Å²) in [6.45, 7) is 2.02. The Hall–Kier alpha value is -1.71. The topological polar surface area (TPSA) is 80.5 Å². The maximum absolute atomic E-state index is 8.82. The van der Waals surface area contributed by atoms with E-state index < -0.39 is 0 Å². The van der Waals surface area contributed by atoms with Gasteiger partial charge in [0.25, 0.3) is 5.82 Å². The molecular formula is C13H14BrN5. The first-order valence-electron chi connectivity index (χ1n) is 5.98. The lowest BCUT2D eigenvalue weighted by molar-refractivity contribution is 0.421. The van der Waals surface area contributed by atoms with Gasteiger partial charge in [0, 0.05) is 10.5 Å². The monoisotopic (exact) mass is 319 g/mol. The average molecular weight is 320 g/mol. The molecule has 0 spiro atoms. The van der Waals surface area contributed by atoms with Crippen LogP contribution in [-0.2, 0) is 0 Å². The van der Waals surface area contributed by atoms with Crippen LogP contribution in [0.3, 0.4) is 0 Å². The van der Waals surface area contributed by atoms with Crippen molar-refractivity contribution in [3.8, 4) is 6.07 Å². The maximum Gasteiger partial charge on any atom is 0.252 e. The third-order valence-corrected chi connectivity index (χ3v) is 3.72. The molecule has 0 saturated heterocycles. The van der Waals surface area contributed by atoms with Gasteiger partial charge in [-0.2, -0.15) is 5.26 Å². The number of hydrogen-bond donors (Lipinski definition) is 1. The van der Waals surface area contributed by atoms with Crippen LogP contribution in [0.4, 0.5) is 0 Å². The summed E-state index contributed by atoms with van der Waals surface area (Å²) in [5, 5.41) is 13.0. The normalized spacial score (nSPS) is 13.8. The summed E-state index contributed by atoms with van der Waals surface area (Å²) in [4.78, 5) is 3.95. The van der Waals surface area contributed by atoms with Crippen LogP contribution in [0.5, 0.6) is 0 Å².